The zero-order valence-electron chi connectivity index (χ0n) is 8.50. The van der Waals surface area contributed by atoms with Gasteiger partial charge in [-0.2, -0.15) is 0 Å². The molecule has 1 fully saturated rings. The lowest BCUT2D eigenvalue weighted by Gasteiger charge is -2.27. The number of nitrogens with zero attached hydrogens (tertiary/aromatic N) is 1. The summed E-state index contributed by atoms with van der Waals surface area (Å²) in [5, 5.41) is 3.21. The highest BCUT2D eigenvalue weighted by molar-refractivity contribution is 5.76. The average Bonchev–Trinajstić information content (AvgIpc) is 2.25. The normalized spacial score (nSPS) is 16.7. The van der Waals surface area contributed by atoms with Gasteiger partial charge in [-0.3, -0.25) is 4.79 Å². The number of hydrogen-bond donors (Lipinski definition) is 1. The van der Waals surface area contributed by atoms with Crippen LogP contribution in [0, 0.1) is 0 Å². The summed E-state index contributed by atoms with van der Waals surface area (Å²) in [4.78, 5) is 23.5. The number of aldehydes is 1. The molecule has 1 rings (SSSR count). The summed E-state index contributed by atoms with van der Waals surface area (Å²) in [7, 11) is 0. The number of rotatable bonds is 5. The van der Waals surface area contributed by atoms with Gasteiger partial charge in [0.25, 0.3) is 0 Å². The predicted molar refractivity (Wildman–Crippen MR) is 54.0 cm³/mol. The van der Waals surface area contributed by atoms with Crippen molar-refractivity contribution in [2.24, 2.45) is 0 Å². The van der Waals surface area contributed by atoms with Gasteiger partial charge in [0, 0.05) is 39.0 Å². The Hall–Kier alpha value is -0.900. The molecule has 14 heavy (non-hydrogen) atoms. The molecular formula is C10H18N2O2. The van der Waals surface area contributed by atoms with Crippen LogP contribution in [0.5, 0.6) is 0 Å². The van der Waals surface area contributed by atoms with E-state index in [0.29, 0.717) is 12.8 Å². The van der Waals surface area contributed by atoms with Gasteiger partial charge in [0.05, 0.1) is 0 Å². The lowest BCUT2D eigenvalue weighted by Crippen LogP contribution is -2.46. The number of carbonyl (C=O) groups excluding carboxylic acids is 2. The van der Waals surface area contributed by atoms with E-state index in [4.69, 9.17) is 0 Å². The summed E-state index contributed by atoms with van der Waals surface area (Å²) in [6.45, 7) is 3.46. The van der Waals surface area contributed by atoms with E-state index in [9.17, 15) is 9.59 Å². The number of unbranched alkanes of at least 4 members (excludes halogenated alkanes) is 2. The molecule has 1 saturated heterocycles. The largest absolute Gasteiger partial charge is 0.340 e. The van der Waals surface area contributed by atoms with E-state index < -0.39 is 0 Å². The molecular weight excluding hydrogens is 180 g/mol. The van der Waals surface area contributed by atoms with Gasteiger partial charge >= 0.3 is 0 Å². The zero-order valence-corrected chi connectivity index (χ0v) is 8.50. The van der Waals surface area contributed by atoms with E-state index in [0.717, 1.165) is 45.3 Å². The molecule has 0 saturated carbocycles. The Morgan fingerprint density at radius 3 is 2.64 bits per heavy atom. The maximum Gasteiger partial charge on any atom is 0.222 e. The first kappa shape index (κ1) is 11.2. The summed E-state index contributed by atoms with van der Waals surface area (Å²) >= 11 is 0. The Labute approximate surface area is 84.7 Å². The highest BCUT2D eigenvalue weighted by Gasteiger charge is 2.14. The third-order valence-corrected chi connectivity index (χ3v) is 2.43. The molecule has 1 N–H and O–H groups in total. The summed E-state index contributed by atoms with van der Waals surface area (Å²) in [6.07, 6.45) is 3.75. The molecule has 1 aliphatic heterocycles. The molecule has 1 amide bonds. The second-order valence-electron chi connectivity index (χ2n) is 3.54. The highest BCUT2D eigenvalue weighted by Crippen LogP contribution is 2.03. The number of piperazine rings is 1. The Morgan fingerprint density at radius 1 is 1.29 bits per heavy atom. The number of carbonyl (C=O) groups is 2. The highest BCUT2D eigenvalue weighted by atomic mass is 16.2. The first-order valence-corrected chi connectivity index (χ1v) is 5.26. The molecule has 0 unspecified atom stereocenters. The van der Waals surface area contributed by atoms with Crippen LogP contribution in [0.4, 0.5) is 0 Å². The zero-order chi connectivity index (χ0) is 10.2. The smallest absolute Gasteiger partial charge is 0.222 e. The van der Waals surface area contributed by atoms with Crippen LogP contribution in [0.15, 0.2) is 0 Å². The molecule has 0 aromatic rings. The van der Waals surface area contributed by atoms with Crippen LogP contribution >= 0.6 is 0 Å². The summed E-state index contributed by atoms with van der Waals surface area (Å²) in [5.41, 5.74) is 0. The molecule has 80 valence electrons. The predicted octanol–water partition coefficient (Wildman–Crippen LogP) is 0.178. The summed E-state index contributed by atoms with van der Waals surface area (Å²) < 4.78 is 0. The molecule has 0 bridgehead atoms. The van der Waals surface area contributed by atoms with Gasteiger partial charge in [-0.25, -0.2) is 0 Å². The standard InChI is InChI=1S/C10H18N2O2/c13-9-3-1-2-4-10(14)12-7-5-11-6-8-12/h9,11H,1-8H2. The summed E-state index contributed by atoms with van der Waals surface area (Å²) in [6, 6.07) is 0. The fraction of sp³-hybridized carbons (Fsp3) is 0.800. The van der Waals surface area contributed by atoms with E-state index in [1.807, 2.05) is 4.90 Å². The SMILES string of the molecule is O=CCCCCC(=O)N1CCNCC1. The van der Waals surface area contributed by atoms with Crippen LogP contribution in [-0.4, -0.2) is 43.3 Å². The molecule has 0 atom stereocenters. The van der Waals surface area contributed by atoms with Gasteiger partial charge in [-0.05, 0) is 12.8 Å². The second-order valence-corrected chi connectivity index (χ2v) is 3.54. The maximum absolute atomic E-state index is 11.6. The summed E-state index contributed by atoms with van der Waals surface area (Å²) in [5.74, 6) is 0.234. The number of nitrogens with one attached hydrogen (secondary N) is 1. The quantitative estimate of drug-likeness (QED) is 0.506. The lowest BCUT2D eigenvalue weighted by atomic mass is 10.2. The molecule has 0 aromatic carbocycles. The number of hydrogen-bond acceptors (Lipinski definition) is 3. The fourth-order valence-electron chi connectivity index (χ4n) is 1.58. The molecule has 0 aliphatic carbocycles. The van der Waals surface area contributed by atoms with Gasteiger partial charge < -0.3 is 15.0 Å². The van der Waals surface area contributed by atoms with Crippen LogP contribution in [0.3, 0.4) is 0 Å². The van der Waals surface area contributed by atoms with E-state index in [1.54, 1.807) is 0 Å². The van der Waals surface area contributed by atoms with Crippen molar-refractivity contribution in [2.45, 2.75) is 25.7 Å². The van der Waals surface area contributed by atoms with Crippen molar-refractivity contribution >= 4 is 12.2 Å². The van der Waals surface area contributed by atoms with E-state index in [2.05, 4.69) is 5.32 Å². The molecule has 1 aliphatic rings. The van der Waals surface area contributed by atoms with Gasteiger partial charge in [0.15, 0.2) is 0 Å². The Bertz CT molecular complexity index is 189. The number of amides is 1. The van der Waals surface area contributed by atoms with Gasteiger partial charge in [-0.15, -0.1) is 0 Å². The first-order chi connectivity index (χ1) is 6.84. The Morgan fingerprint density at radius 2 is 2.00 bits per heavy atom. The third-order valence-electron chi connectivity index (χ3n) is 2.43. The van der Waals surface area contributed by atoms with Crippen molar-refractivity contribution in [3.05, 3.63) is 0 Å². The van der Waals surface area contributed by atoms with Crippen LogP contribution < -0.4 is 5.32 Å². The van der Waals surface area contributed by atoms with Crippen molar-refractivity contribution in [1.82, 2.24) is 10.2 Å². The van der Waals surface area contributed by atoms with E-state index in [-0.39, 0.29) is 5.91 Å². The minimum absolute atomic E-state index is 0.234. The Balaban J connectivity index is 2.10. The van der Waals surface area contributed by atoms with Crippen LogP contribution in [0.2, 0.25) is 0 Å². The van der Waals surface area contributed by atoms with Crippen molar-refractivity contribution < 1.29 is 9.59 Å². The topological polar surface area (TPSA) is 49.4 Å². The van der Waals surface area contributed by atoms with Crippen LogP contribution in [-0.2, 0) is 9.59 Å². The molecule has 4 heteroatoms. The maximum atomic E-state index is 11.6. The van der Waals surface area contributed by atoms with Crippen LogP contribution in [0.25, 0.3) is 0 Å². The van der Waals surface area contributed by atoms with Gasteiger partial charge in [0.2, 0.25) is 5.91 Å². The van der Waals surface area contributed by atoms with Gasteiger partial charge in [0.1, 0.15) is 6.29 Å². The molecule has 1 heterocycles. The van der Waals surface area contributed by atoms with Crippen molar-refractivity contribution in [2.75, 3.05) is 26.2 Å². The van der Waals surface area contributed by atoms with Crippen molar-refractivity contribution in [3.63, 3.8) is 0 Å². The minimum atomic E-state index is 0.234. The van der Waals surface area contributed by atoms with Gasteiger partial charge in [-0.1, -0.05) is 0 Å². The average molecular weight is 198 g/mol. The van der Waals surface area contributed by atoms with E-state index in [1.165, 1.54) is 0 Å². The molecule has 0 aromatic heterocycles. The van der Waals surface area contributed by atoms with Crippen molar-refractivity contribution in [1.29, 1.82) is 0 Å². The molecule has 4 nitrogen and oxygen atoms in total. The Kier molecular flexibility index (Phi) is 5.22. The molecule has 0 radical (unpaired) electrons. The third kappa shape index (κ3) is 3.87. The second kappa shape index (κ2) is 6.54. The lowest BCUT2D eigenvalue weighted by molar-refractivity contribution is -0.132. The van der Waals surface area contributed by atoms with E-state index >= 15 is 0 Å². The van der Waals surface area contributed by atoms with Crippen molar-refractivity contribution in [3.8, 4) is 0 Å². The minimum Gasteiger partial charge on any atom is -0.340 e. The monoisotopic (exact) mass is 198 g/mol. The first-order valence-electron chi connectivity index (χ1n) is 5.26. The molecule has 0 spiro atoms. The fourth-order valence-corrected chi connectivity index (χ4v) is 1.58. The van der Waals surface area contributed by atoms with Crippen LogP contribution in [0.1, 0.15) is 25.7 Å².